The van der Waals surface area contributed by atoms with Crippen LogP contribution in [0, 0.1) is 11.8 Å². The molecule has 1 saturated carbocycles. The third kappa shape index (κ3) is 5.44. The molecule has 0 amide bonds. The number of rotatable bonds is 9. The second-order valence-electron chi connectivity index (χ2n) is 9.12. The Labute approximate surface area is 172 Å². The molecule has 164 valence electrons. The standard InChI is InChI=1S/C21H36N4O4/c1-21(2)17(28-12-29-21)9-16(26)18(19(23)13-6-4-3-5-7-13)20(27)15(22)8-14-10-24-11-25-14/h10-11,13,15-19,26H,3-9,12,22-23H2,1-2H3,(H,24,25)/t15-,16?,17-,18?,19?/m0/s1. The van der Waals surface area contributed by atoms with Gasteiger partial charge in [-0.3, -0.25) is 4.79 Å². The summed E-state index contributed by atoms with van der Waals surface area (Å²) in [4.78, 5) is 20.3. The van der Waals surface area contributed by atoms with Crippen molar-refractivity contribution in [2.45, 2.75) is 88.7 Å². The fraction of sp³-hybridized carbons (Fsp3) is 0.810. The van der Waals surface area contributed by atoms with Gasteiger partial charge in [-0.1, -0.05) is 19.3 Å². The minimum absolute atomic E-state index is 0.191. The van der Waals surface area contributed by atoms with Crippen LogP contribution in [0.4, 0.5) is 0 Å². The van der Waals surface area contributed by atoms with Gasteiger partial charge in [0.2, 0.25) is 0 Å². The summed E-state index contributed by atoms with van der Waals surface area (Å²) >= 11 is 0. The summed E-state index contributed by atoms with van der Waals surface area (Å²) in [6.07, 6.45) is 8.03. The van der Waals surface area contributed by atoms with E-state index in [0.717, 1.165) is 31.4 Å². The highest BCUT2D eigenvalue weighted by molar-refractivity contribution is 5.87. The molecule has 2 aliphatic rings. The van der Waals surface area contributed by atoms with Crippen LogP contribution in [0.3, 0.4) is 0 Å². The van der Waals surface area contributed by atoms with Crippen LogP contribution in [0.5, 0.6) is 0 Å². The highest BCUT2D eigenvalue weighted by Gasteiger charge is 2.44. The van der Waals surface area contributed by atoms with Crippen molar-refractivity contribution in [3.63, 3.8) is 0 Å². The molecule has 1 aliphatic carbocycles. The molecule has 8 nitrogen and oxygen atoms in total. The molecule has 3 unspecified atom stereocenters. The topological polar surface area (TPSA) is 136 Å². The van der Waals surface area contributed by atoms with E-state index in [1.165, 1.54) is 6.42 Å². The number of aliphatic hydroxyl groups excluding tert-OH is 1. The van der Waals surface area contributed by atoms with Crippen LogP contribution < -0.4 is 11.5 Å². The molecule has 2 fully saturated rings. The number of aliphatic hydroxyl groups is 1. The summed E-state index contributed by atoms with van der Waals surface area (Å²) in [6.45, 7) is 4.05. The van der Waals surface area contributed by atoms with E-state index in [2.05, 4.69) is 9.97 Å². The number of nitrogens with one attached hydrogen (secondary N) is 1. The third-order valence-electron chi connectivity index (χ3n) is 6.64. The molecule has 1 aliphatic heterocycles. The van der Waals surface area contributed by atoms with Crippen molar-refractivity contribution < 1.29 is 19.4 Å². The molecule has 1 saturated heterocycles. The first-order valence-electron chi connectivity index (χ1n) is 10.8. The number of aromatic nitrogens is 2. The van der Waals surface area contributed by atoms with Gasteiger partial charge in [0.25, 0.3) is 0 Å². The predicted octanol–water partition coefficient (Wildman–Crippen LogP) is 1.27. The van der Waals surface area contributed by atoms with Gasteiger partial charge in [0.15, 0.2) is 5.78 Å². The van der Waals surface area contributed by atoms with Gasteiger partial charge in [-0.05, 0) is 32.6 Å². The predicted molar refractivity (Wildman–Crippen MR) is 109 cm³/mol. The van der Waals surface area contributed by atoms with Crippen molar-refractivity contribution in [3.05, 3.63) is 18.2 Å². The minimum atomic E-state index is -0.932. The van der Waals surface area contributed by atoms with E-state index in [-0.39, 0.29) is 24.6 Å². The molecule has 1 aromatic rings. The van der Waals surface area contributed by atoms with Crippen molar-refractivity contribution in [1.82, 2.24) is 9.97 Å². The molecule has 6 N–H and O–H groups in total. The maximum absolute atomic E-state index is 13.4. The zero-order valence-corrected chi connectivity index (χ0v) is 17.5. The van der Waals surface area contributed by atoms with Gasteiger partial charge in [-0.15, -0.1) is 0 Å². The van der Waals surface area contributed by atoms with Crippen LogP contribution >= 0.6 is 0 Å². The molecule has 5 atom stereocenters. The molecule has 1 aromatic heterocycles. The number of hydrogen-bond acceptors (Lipinski definition) is 7. The summed E-state index contributed by atoms with van der Waals surface area (Å²) in [6, 6.07) is -1.17. The fourth-order valence-corrected chi connectivity index (χ4v) is 4.71. The van der Waals surface area contributed by atoms with Crippen LogP contribution in [-0.4, -0.2) is 57.5 Å². The van der Waals surface area contributed by atoms with Crippen molar-refractivity contribution in [1.29, 1.82) is 0 Å². The van der Waals surface area contributed by atoms with E-state index in [0.29, 0.717) is 12.8 Å². The van der Waals surface area contributed by atoms with Crippen molar-refractivity contribution in [2.24, 2.45) is 23.3 Å². The third-order valence-corrected chi connectivity index (χ3v) is 6.64. The SMILES string of the molecule is CC1(C)OCO[C@H]1CC(O)C(C(=O)[C@@H](N)Cc1cnc[nH]1)C(N)C1CCCCC1. The largest absolute Gasteiger partial charge is 0.392 e. The minimum Gasteiger partial charge on any atom is -0.392 e. The Morgan fingerprint density at radius 2 is 2.07 bits per heavy atom. The Balaban J connectivity index is 1.75. The molecule has 0 radical (unpaired) electrons. The van der Waals surface area contributed by atoms with E-state index in [1.54, 1.807) is 12.5 Å². The number of aromatic amines is 1. The second-order valence-corrected chi connectivity index (χ2v) is 9.12. The highest BCUT2D eigenvalue weighted by Crippen LogP contribution is 2.34. The number of nitrogens with two attached hydrogens (primary N) is 2. The molecule has 3 rings (SSSR count). The first-order chi connectivity index (χ1) is 13.8. The van der Waals surface area contributed by atoms with Crippen LogP contribution in [-0.2, 0) is 20.7 Å². The lowest BCUT2D eigenvalue weighted by Crippen LogP contribution is -2.54. The Hall–Kier alpha value is -1.32. The van der Waals surface area contributed by atoms with Crippen molar-refractivity contribution >= 4 is 5.78 Å². The second kappa shape index (κ2) is 9.66. The van der Waals surface area contributed by atoms with E-state index in [9.17, 15) is 9.90 Å². The van der Waals surface area contributed by atoms with Crippen LogP contribution in [0.2, 0.25) is 0 Å². The summed E-state index contributed by atoms with van der Waals surface area (Å²) in [5.74, 6) is -0.696. The number of Topliss-reactive ketones (excluding diaryl/α,β-unsaturated/α-hetero) is 1. The molecule has 0 aromatic carbocycles. The van der Waals surface area contributed by atoms with Crippen LogP contribution in [0.1, 0.15) is 58.1 Å². The van der Waals surface area contributed by atoms with Crippen molar-refractivity contribution in [3.8, 4) is 0 Å². The van der Waals surface area contributed by atoms with Gasteiger partial charge in [-0.25, -0.2) is 4.98 Å². The lowest BCUT2D eigenvalue weighted by Gasteiger charge is -2.37. The summed E-state index contributed by atoms with van der Waals surface area (Å²) < 4.78 is 11.3. The number of ether oxygens (including phenoxy) is 2. The number of carbonyl (C=O) groups excluding carboxylic acids is 1. The fourth-order valence-electron chi connectivity index (χ4n) is 4.71. The molecular formula is C21H36N4O4. The number of carbonyl (C=O) groups is 1. The van der Waals surface area contributed by atoms with Gasteiger partial charge in [0.05, 0.1) is 36.1 Å². The van der Waals surface area contributed by atoms with E-state index in [4.69, 9.17) is 20.9 Å². The van der Waals surface area contributed by atoms with Crippen molar-refractivity contribution in [2.75, 3.05) is 6.79 Å². The monoisotopic (exact) mass is 408 g/mol. The Kier molecular flexibility index (Phi) is 7.45. The van der Waals surface area contributed by atoms with E-state index in [1.807, 2.05) is 13.8 Å². The van der Waals surface area contributed by atoms with Gasteiger partial charge in [0.1, 0.15) is 6.79 Å². The molecule has 8 heteroatoms. The molecule has 0 spiro atoms. The number of nitrogens with zero attached hydrogens (tertiary/aromatic N) is 1. The Bertz CT molecular complexity index is 645. The molecule has 29 heavy (non-hydrogen) atoms. The lowest BCUT2D eigenvalue weighted by atomic mass is 9.73. The molecule has 2 heterocycles. The molecular weight excluding hydrogens is 372 g/mol. The zero-order valence-electron chi connectivity index (χ0n) is 17.5. The van der Waals surface area contributed by atoms with Gasteiger partial charge >= 0.3 is 0 Å². The number of H-pyrrole nitrogens is 1. The van der Waals surface area contributed by atoms with Crippen LogP contribution in [0.25, 0.3) is 0 Å². The average molecular weight is 409 g/mol. The molecule has 0 bridgehead atoms. The Morgan fingerprint density at radius 1 is 1.34 bits per heavy atom. The van der Waals surface area contributed by atoms with Gasteiger partial charge in [-0.2, -0.15) is 0 Å². The van der Waals surface area contributed by atoms with Gasteiger partial charge in [0, 0.05) is 30.8 Å². The van der Waals surface area contributed by atoms with Gasteiger partial charge < -0.3 is 31.0 Å². The number of imidazole rings is 1. The maximum atomic E-state index is 13.4. The summed E-state index contributed by atoms with van der Waals surface area (Å²) in [5.41, 5.74) is 13.2. The number of hydrogen-bond donors (Lipinski definition) is 4. The average Bonchev–Trinajstić information content (AvgIpc) is 3.32. The summed E-state index contributed by atoms with van der Waals surface area (Å²) in [5, 5.41) is 11.1. The highest BCUT2D eigenvalue weighted by atomic mass is 16.7. The van der Waals surface area contributed by atoms with Crippen LogP contribution in [0.15, 0.2) is 12.5 Å². The first-order valence-corrected chi connectivity index (χ1v) is 10.8. The Morgan fingerprint density at radius 3 is 2.66 bits per heavy atom. The maximum Gasteiger partial charge on any atom is 0.157 e. The zero-order chi connectivity index (χ0) is 21.0. The van der Waals surface area contributed by atoms with E-state index >= 15 is 0 Å². The van der Waals surface area contributed by atoms with E-state index < -0.39 is 29.7 Å². The smallest absolute Gasteiger partial charge is 0.157 e. The lowest BCUT2D eigenvalue weighted by molar-refractivity contribution is -0.130. The quantitative estimate of drug-likeness (QED) is 0.483. The normalized spacial score (nSPS) is 26.7. The summed E-state index contributed by atoms with van der Waals surface area (Å²) in [7, 11) is 0. The number of ketones is 1. The first kappa shape index (κ1) is 22.4.